The summed E-state index contributed by atoms with van der Waals surface area (Å²) in [5.74, 6) is 1.90. The minimum absolute atomic E-state index is 0.713. The van der Waals surface area contributed by atoms with E-state index in [2.05, 4.69) is 43.5 Å². The van der Waals surface area contributed by atoms with Crippen LogP contribution in [0.1, 0.15) is 38.1 Å². The lowest BCUT2D eigenvalue weighted by atomic mass is 10.1. The van der Waals surface area contributed by atoms with E-state index in [9.17, 15) is 0 Å². The first kappa shape index (κ1) is 14.1. The Bertz CT molecular complexity index is 540. The third kappa shape index (κ3) is 3.35. The van der Waals surface area contributed by atoms with Crippen LogP contribution in [0.15, 0.2) is 18.2 Å². The summed E-state index contributed by atoms with van der Waals surface area (Å²) in [6.07, 6.45) is 3.17. The molecule has 19 heavy (non-hydrogen) atoms. The van der Waals surface area contributed by atoms with Gasteiger partial charge in [-0.3, -0.25) is 0 Å². The van der Waals surface area contributed by atoms with Crippen molar-refractivity contribution in [3.05, 3.63) is 29.6 Å². The highest BCUT2D eigenvalue weighted by molar-refractivity contribution is 5.76. The van der Waals surface area contributed by atoms with E-state index in [1.54, 1.807) is 0 Å². The number of hydrogen-bond acceptors (Lipinski definition) is 2. The smallest absolute Gasteiger partial charge is 0.109 e. The maximum absolute atomic E-state index is 5.63. The normalized spacial score (nSPS) is 11.6. The highest BCUT2D eigenvalue weighted by atomic mass is 15.1. The fraction of sp³-hybridized carbons (Fsp3) is 0.562. The van der Waals surface area contributed by atoms with Crippen LogP contribution in [0, 0.1) is 12.8 Å². The molecule has 0 amide bonds. The minimum Gasteiger partial charge on any atom is -0.330 e. The number of rotatable bonds is 6. The van der Waals surface area contributed by atoms with Crippen molar-refractivity contribution in [3.8, 4) is 0 Å². The van der Waals surface area contributed by atoms with E-state index in [0.717, 1.165) is 31.4 Å². The molecular formula is C16H25N3. The maximum Gasteiger partial charge on any atom is 0.109 e. The van der Waals surface area contributed by atoms with Gasteiger partial charge in [0, 0.05) is 13.0 Å². The zero-order valence-electron chi connectivity index (χ0n) is 12.3. The molecule has 0 saturated carbocycles. The van der Waals surface area contributed by atoms with Crippen LogP contribution >= 0.6 is 0 Å². The van der Waals surface area contributed by atoms with Crippen LogP contribution in [-0.4, -0.2) is 16.1 Å². The fourth-order valence-electron chi connectivity index (χ4n) is 2.38. The first-order valence-corrected chi connectivity index (χ1v) is 7.27. The maximum atomic E-state index is 5.63. The van der Waals surface area contributed by atoms with Crippen LogP contribution in [0.5, 0.6) is 0 Å². The van der Waals surface area contributed by atoms with E-state index in [-0.39, 0.29) is 0 Å². The minimum atomic E-state index is 0.713. The molecule has 0 saturated heterocycles. The molecule has 2 rings (SSSR count). The van der Waals surface area contributed by atoms with Crippen molar-refractivity contribution in [1.82, 2.24) is 9.55 Å². The van der Waals surface area contributed by atoms with E-state index < -0.39 is 0 Å². The Labute approximate surface area is 115 Å². The molecule has 1 aromatic carbocycles. The quantitative estimate of drug-likeness (QED) is 0.865. The molecule has 0 aliphatic carbocycles. The Balaban J connectivity index is 2.36. The van der Waals surface area contributed by atoms with E-state index in [1.165, 1.54) is 23.3 Å². The van der Waals surface area contributed by atoms with Gasteiger partial charge < -0.3 is 10.3 Å². The summed E-state index contributed by atoms with van der Waals surface area (Å²) in [6, 6.07) is 6.54. The van der Waals surface area contributed by atoms with E-state index in [4.69, 9.17) is 10.7 Å². The second-order valence-electron chi connectivity index (χ2n) is 5.75. The summed E-state index contributed by atoms with van der Waals surface area (Å²) in [6.45, 7) is 8.43. The van der Waals surface area contributed by atoms with Crippen molar-refractivity contribution in [2.45, 2.75) is 46.6 Å². The van der Waals surface area contributed by atoms with Crippen LogP contribution in [0.4, 0.5) is 0 Å². The van der Waals surface area contributed by atoms with Crippen molar-refractivity contribution >= 4 is 11.0 Å². The third-order valence-electron chi connectivity index (χ3n) is 3.52. The molecule has 2 N–H and O–H groups in total. The van der Waals surface area contributed by atoms with Crippen LogP contribution in [0.25, 0.3) is 11.0 Å². The number of fused-ring (bicyclic) bond motifs is 1. The molecule has 0 aliphatic rings. The van der Waals surface area contributed by atoms with Crippen molar-refractivity contribution in [3.63, 3.8) is 0 Å². The Morgan fingerprint density at radius 3 is 2.79 bits per heavy atom. The van der Waals surface area contributed by atoms with Gasteiger partial charge in [0.25, 0.3) is 0 Å². The summed E-state index contributed by atoms with van der Waals surface area (Å²) in [5.41, 5.74) is 9.28. The molecular weight excluding hydrogens is 234 g/mol. The number of aromatic nitrogens is 2. The zero-order valence-corrected chi connectivity index (χ0v) is 12.3. The lowest BCUT2D eigenvalue weighted by Crippen LogP contribution is -2.08. The number of hydrogen-bond donors (Lipinski definition) is 1. The molecule has 0 bridgehead atoms. The summed E-state index contributed by atoms with van der Waals surface area (Å²) in [7, 11) is 0. The van der Waals surface area contributed by atoms with Crippen molar-refractivity contribution in [2.75, 3.05) is 6.54 Å². The van der Waals surface area contributed by atoms with Gasteiger partial charge in [0.1, 0.15) is 5.82 Å². The Morgan fingerprint density at radius 1 is 1.32 bits per heavy atom. The predicted molar refractivity (Wildman–Crippen MR) is 81.3 cm³/mol. The van der Waals surface area contributed by atoms with Crippen LogP contribution in [0.2, 0.25) is 0 Å². The lowest BCUT2D eigenvalue weighted by molar-refractivity contribution is 0.510. The Hall–Kier alpha value is -1.35. The zero-order chi connectivity index (χ0) is 13.8. The van der Waals surface area contributed by atoms with Gasteiger partial charge in [-0.05, 0) is 49.9 Å². The first-order valence-electron chi connectivity index (χ1n) is 7.27. The predicted octanol–water partition coefficient (Wildman–Crippen LogP) is 3.28. The molecule has 1 aromatic heterocycles. The van der Waals surface area contributed by atoms with E-state index in [1.807, 2.05) is 0 Å². The number of imidazole rings is 1. The Kier molecular flexibility index (Phi) is 4.59. The topological polar surface area (TPSA) is 43.8 Å². The molecule has 2 aromatic rings. The molecule has 104 valence electrons. The van der Waals surface area contributed by atoms with Crippen molar-refractivity contribution in [2.24, 2.45) is 11.7 Å². The number of aryl methyl sites for hydroxylation is 3. The summed E-state index contributed by atoms with van der Waals surface area (Å²) in [4.78, 5) is 4.80. The molecule has 0 spiro atoms. The average molecular weight is 259 g/mol. The Morgan fingerprint density at radius 2 is 2.11 bits per heavy atom. The lowest BCUT2D eigenvalue weighted by Gasteiger charge is -2.10. The van der Waals surface area contributed by atoms with Gasteiger partial charge in [0.2, 0.25) is 0 Å². The number of nitrogens with zero attached hydrogens (tertiary/aromatic N) is 2. The van der Waals surface area contributed by atoms with Gasteiger partial charge in [-0.1, -0.05) is 19.9 Å². The van der Waals surface area contributed by atoms with Gasteiger partial charge in [-0.15, -0.1) is 0 Å². The summed E-state index contributed by atoms with van der Waals surface area (Å²) >= 11 is 0. The SMILES string of the molecule is Cc1ccc2c(c1)nc(CCCN)n2CCC(C)C. The van der Waals surface area contributed by atoms with E-state index in [0.29, 0.717) is 5.92 Å². The summed E-state index contributed by atoms with van der Waals surface area (Å²) in [5, 5.41) is 0. The monoisotopic (exact) mass is 259 g/mol. The molecule has 0 radical (unpaired) electrons. The van der Waals surface area contributed by atoms with Crippen LogP contribution in [0.3, 0.4) is 0 Å². The summed E-state index contributed by atoms with van der Waals surface area (Å²) < 4.78 is 2.38. The van der Waals surface area contributed by atoms with Crippen LogP contribution < -0.4 is 5.73 Å². The molecule has 0 atom stereocenters. The molecule has 0 unspecified atom stereocenters. The average Bonchev–Trinajstić information content (AvgIpc) is 2.70. The van der Waals surface area contributed by atoms with Crippen molar-refractivity contribution in [1.29, 1.82) is 0 Å². The standard InChI is InChI=1S/C16H25N3/c1-12(2)8-10-19-15-7-6-13(3)11-14(15)18-16(19)5-4-9-17/h6-7,11-12H,4-5,8-10,17H2,1-3H3. The van der Waals surface area contributed by atoms with Gasteiger partial charge >= 0.3 is 0 Å². The molecule has 0 fully saturated rings. The second kappa shape index (κ2) is 6.20. The second-order valence-corrected chi connectivity index (χ2v) is 5.75. The largest absolute Gasteiger partial charge is 0.330 e. The van der Waals surface area contributed by atoms with Crippen molar-refractivity contribution < 1.29 is 0 Å². The van der Waals surface area contributed by atoms with Gasteiger partial charge in [-0.25, -0.2) is 4.98 Å². The van der Waals surface area contributed by atoms with Gasteiger partial charge in [0.05, 0.1) is 11.0 Å². The first-order chi connectivity index (χ1) is 9.11. The molecule has 3 nitrogen and oxygen atoms in total. The highest BCUT2D eigenvalue weighted by Gasteiger charge is 2.10. The molecule has 3 heteroatoms. The van der Waals surface area contributed by atoms with Gasteiger partial charge in [0.15, 0.2) is 0 Å². The van der Waals surface area contributed by atoms with Crippen LogP contribution in [-0.2, 0) is 13.0 Å². The highest BCUT2D eigenvalue weighted by Crippen LogP contribution is 2.20. The third-order valence-corrected chi connectivity index (χ3v) is 3.52. The molecule has 0 aliphatic heterocycles. The molecule has 1 heterocycles. The number of nitrogens with two attached hydrogens (primary N) is 1. The van der Waals surface area contributed by atoms with E-state index >= 15 is 0 Å². The fourth-order valence-corrected chi connectivity index (χ4v) is 2.38. The number of benzene rings is 1. The van der Waals surface area contributed by atoms with Gasteiger partial charge in [-0.2, -0.15) is 0 Å².